The second kappa shape index (κ2) is 8.50. The quantitative estimate of drug-likeness (QED) is 0.343. The highest BCUT2D eigenvalue weighted by atomic mass is 35.5. The van der Waals surface area contributed by atoms with Gasteiger partial charge < -0.3 is 14.1 Å². The molecule has 3 aromatic rings. The van der Waals surface area contributed by atoms with E-state index in [0.717, 1.165) is 0 Å². The van der Waals surface area contributed by atoms with Crippen LogP contribution in [0.2, 0.25) is 5.02 Å². The van der Waals surface area contributed by atoms with Gasteiger partial charge in [-0.05, 0) is 24.1 Å². The highest BCUT2D eigenvalue weighted by Crippen LogP contribution is 2.34. The molecule has 0 radical (unpaired) electrons. The van der Waals surface area contributed by atoms with Crippen LogP contribution >= 0.6 is 11.6 Å². The topological polar surface area (TPSA) is 128 Å². The van der Waals surface area contributed by atoms with Gasteiger partial charge >= 0.3 is 5.63 Å². The fourth-order valence-electron chi connectivity index (χ4n) is 3.95. The van der Waals surface area contributed by atoms with Crippen LogP contribution in [0.4, 0.5) is 0 Å². The van der Waals surface area contributed by atoms with E-state index in [1.165, 1.54) is 17.0 Å². The van der Waals surface area contributed by atoms with Crippen molar-refractivity contribution in [2.45, 2.75) is 17.6 Å². The van der Waals surface area contributed by atoms with E-state index in [1.54, 1.807) is 36.4 Å². The van der Waals surface area contributed by atoms with Crippen molar-refractivity contribution in [3.05, 3.63) is 69.5 Å². The minimum Gasteiger partial charge on any atom is -0.423 e. The smallest absolute Gasteiger partial charge is 0.336 e. The Morgan fingerprint density at radius 3 is 2.59 bits per heavy atom. The Hall–Kier alpha value is -3.01. The molecule has 32 heavy (non-hydrogen) atoms. The second-order valence-corrected chi connectivity index (χ2v) is 9.86. The van der Waals surface area contributed by atoms with Crippen molar-refractivity contribution in [1.82, 2.24) is 4.90 Å². The van der Waals surface area contributed by atoms with Crippen molar-refractivity contribution in [2.24, 2.45) is 5.14 Å². The predicted molar refractivity (Wildman–Crippen MR) is 120 cm³/mol. The van der Waals surface area contributed by atoms with E-state index in [0.29, 0.717) is 33.4 Å². The molecule has 10 heteroatoms. The number of likely N-dealkylation sites (tertiary alicyclic amines) is 1. The summed E-state index contributed by atoms with van der Waals surface area (Å²) in [4.78, 5) is 38.3. The largest absolute Gasteiger partial charge is 0.423 e. The third-order valence-corrected chi connectivity index (χ3v) is 7.26. The van der Waals surface area contributed by atoms with Crippen molar-refractivity contribution in [1.29, 1.82) is 0 Å². The maximum absolute atomic E-state index is 12.9. The minimum atomic E-state index is -3.78. The van der Waals surface area contributed by atoms with Crippen LogP contribution in [0.25, 0.3) is 22.1 Å². The average molecular weight is 475 g/mol. The number of fused-ring (bicyclic) bond motifs is 1. The molecule has 1 aliphatic heterocycles. The van der Waals surface area contributed by atoms with Gasteiger partial charge in [-0.1, -0.05) is 41.9 Å². The van der Waals surface area contributed by atoms with Crippen molar-refractivity contribution >= 4 is 44.8 Å². The van der Waals surface area contributed by atoms with Crippen LogP contribution in [0.15, 0.2) is 57.7 Å². The number of carbonyl (C=O) groups excluding carboxylic acids is 2. The summed E-state index contributed by atoms with van der Waals surface area (Å²) in [6.07, 6.45) is 0.702. The predicted octanol–water partition coefficient (Wildman–Crippen LogP) is 2.29. The molecule has 2 N–H and O–H groups in total. The molecule has 0 spiro atoms. The van der Waals surface area contributed by atoms with E-state index in [2.05, 4.69) is 0 Å². The monoisotopic (exact) mass is 474 g/mol. The van der Waals surface area contributed by atoms with Gasteiger partial charge in [0.15, 0.2) is 0 Å². The van der Waals surface area contributed by atoms with Crippen molar-refractivity contribution in [3.8, 4) is 11.1 Å². The first-order chi connectivity index (χ1) is 15.2. The van der Waals surface area contributed by atoms with Gasteiger partial charge in [0, 0.05) is 40.7 Å². The first kappa shape index (κ1) is 22.2. The molecule has 8 nitrogen and oxygen atoms in total. The summed E-state index contributed by atoms with van der Waals surface area (Å²) in [6.45, 7) is 0.116. The van der Waals surface area contributed by atoms with E-state index >= 15 is 0 Å². The zero-order valence-electron chi connectivity index (χ0n) is 16.7. The highest BCUT2D eigenvalue weighted by molar-refractivity contribution is 7.89. The minimum absolute atomic E-state index is 0.0681. The maximum Gasteiger partial charge on any atom is 0.336 e. The zero-order valence-corrected chi connectivity index (χ0v) is 18.3. The summed E-state index contributed by atoms with van der Waals surface area (Å²) >= 11 is 6.29. The summed E-state index contributed by atoms with van der Waals surface area (Å²) in [5.74, 6) is -1.71. The molecule has 0 bridgehead atoms. The Bertz CT molecular complexity index is 1380. The number of aldehydes is 1. The van der Waals surface area contributed by atoms with Gasteiger partial charge in [0.2, 0.25) is 15.9 Å². The van der Waals surface area contributed by atoms with Crippen molar-refractivity contribution in [2.75, 3.05) is 13.1 Å². The lowest BCUT2D eigenvalue weighted by Crippen LogP contribution is -2.37. The molecule has 1 aromatic heterocycles. The van der Waals surface area contributed by atoms with Gasteiger partial charge in [-0.15, -0.1) is 0 Å². The van der Waals surface area contributed by atoms with Crippen molar-refractivity contribution in [3.63, 3.8) is 0 Å². The summed E-state index contributed by atoms with van der Waals surface area (Å²) in [6, 6.07) is 13.1. The van der Waals surface area contributed by atoms with E-state index in [1.807, 2.05) is 0 Å². The number of sulfonamides is 1. The molecule has 1 aliphatic rings. The van der Waals surface area contributed by atoms with Crippen LogP contribution in [0.3, 0.4) is 0 Å². The Kier molecular flexibility index (Phi) is 5.89. The van der Waals surface area contributed by atoms with Gasteiger partial charge in [-0.3, -0.25) is 4.79 Å². The molecule has 1 saturated heterocycles. The maximum atomic E-state index is 12.9. The first-order valence-electron chi connectivity index (χ1n) is 9.77. The molecule has 0 aliphatic carbocycles. The Labute approximate surface area is 188 Å². The SMILES string of the molecule is NS(=O)(=O)C1CCN(C(=O)C(C=O)c2ccc3c(-c4ccccc4Cl)cc(=O)oc3c2)C1. The molecule has 2 atom stereocenters. The van der Waals surface area contributed by atoms with Crippen LogP contribution in [0.5, 0.6) is 0 Å². The highest BCUT2D eigenvalue weighted by Gasteiger charge is 2.36. The standard InChI is InChI=1S/C22H19ClN2O6S/c23-19-4-2-1-3-15(19)17-10-21(27)31-20-9-13(5-6-16(17)20)18(12-26)22(28)25-8-7-14(11-25)32(24,29)30/h1-6,9-10,12,14,18H,7-8,11H2,(H2,24,29,30). The molecule has 1 amide bonds. The molecule has 1 fully saturated rings. The van der Waals surface area contributed by atoms with Crippen LogP contribution in [0.1, 0.15) is 17.9 Å². The molecular formula is C22H19ClN2O6S. The summed E-state index contributed by atoms with van der Waals surface area (Å²) < 4.78 is 28.5. The number of primary sulfonamides is 1. The summed E-state index contributed by atoms with van der Waals surface area (Å²) in [7, 11) is -3.78. The fourth-order valence-corrected chi connectivity index (χ4v) is 5.01. The van der Waals surface area contributed by atoms with Crippen LogP contribution in [0, 0.1) is 0 Å². The second-order valence-electron chi connectivity index (χ2n) is 7.61. The third kappa shape index (κ3) is 4.19. The average Bonchev–Trinajstić information content (AvgIpc) is 3.25. The van der Waals surface area contributed by atoms with E-state index in [4.69, 9.17) is 21.2 Å². The molecule has 2 unspecified atom stereocenters. The number of carbonyl (C=O) groups is 2. The third-order valence-electron chi connectivity index (χ3n) is 5.62. The van der Waals surface area contributed by atoms with E-state index in [9.17, 15) is 22.8 Å². The number of hydrogen-bond acceptors (Lipinski definition) is 6. The van der Waals surface area contributed by atoms with E-state index in [-0.39, 0.29) is 25.1 Å². The Balaban J connectivity index is 1.72. The number of halogens is 1. The molecule has 2 aromatic carbocycles. The number of nitrogens with two attached hydrogens (primary N) is 1. The van der Waals surface area contributed by atoms with Gasteiger partial charge in [-0.2, -0.15) is 0 Å². The number of hydrogen-bond donors (Lipinski definition) is 1. The number of nitrogens with zero attached hydrogens (tertiary/aromatic N) is 1. The first-order valence-corrected chi connectivity index (χ1v) is 11.8. The van der Waals surface area contributed by atoms with Crippen molar-refractivity contribution < 1.29 is 22.4 Å². The molecule has 0 saturated carbocycles. The van der Waals surface area contributed by atoms with Crippen LogP contribution < -0.4 is 10.8 Å². The lowest BCUT2D eigenvalue weighted by atomic mass is 9.95. The van der Waals surface area contributed by atoms with E-state index < -0.39 is 32.7 Å². The molecular weight excluding hydrogens is 456 g/mol. The molecule has 4 rings (SSSR count). The van der Waals surface area contributed by atoms with Gasteiger partial charge in [-0.25, -0.2) is 18.4 Å². The number of amides is 1. The molecule has 2 heterocycles. The Morgan fingerprint density at radius 1 is 1.19 bits per heavy atom. The summed E-state index contributed by atoms with van der Waals surface area (Å²) in [5.41, 5.74) is 1.14. The van der Waals surface area contributed by atoms with Gasteiger partial charge in [0.25, 0.3) is 0 Å². The van der Waals surface area contributed by atoms with Crippen LogP contribution in [-0.4, -0.2) is 43.9 Å². The summed E-state index contributed by atoms with van der Waals surface area (Å²) in [5, 5.41) is 5.38. The zero-order chi connectivity index (χ0) is 23.0. The van der Waals surface area contributed by atoms with Gasteiger partial charge in [0.1, 0.15) is 17.8 Å². The Morgan fingerprint density at radius 2 is 1.94 bits per heavy atom. The fraction of sp³-hybridized carbons (Fsp3) is 0.227. The lowest BCUT2D eigenvalue weighted by molar-refractivity contribution is -0.133. The molecule has 166 valence electrons. The lowest BCUT2D eigenvalue weighted by Gasteiger charge is -2.20. The normalized spacial score (nSPS) is 17.4. The number of benzene rings is 2. The van der Waals surface area contributed by atoms with Crippen LogP contribution in [-0.2, 0) is 19.6 Å². The van der Waals surface area contributed by atoms with Gasteiger partial charge in [0.05, 0.1) is 5.25 Å². The number of rotatable bonds is 5.